The van der Waals surface area contributed by atoms with Gasteiger partial charge in [-0.15, -0.1) is 0 Å². The van der Waals surface area contributed by atoms with E-state index in [1.165, 1.54) is 19.3 Å². The fourth-order valence-corrected chi connectivity index (χ4v) is 3.67. The molecule has 21 heavy (non-hydrogen) atoms. The highest BCUT2D eigenvalue weighted by molar-refractivity contribution is 5.77. The minimum atomic E-state index is 0.00240. The summed E-state index contributed by atoms with van der Waals surface area (Å²) in [5.74, 6) is 0.295. The molecule has 1 saturated carbocycles. The number of nitrogens with one attached hydrogen (secondary N) is 2. The van der Waals surface area contributed by atoms with Gasteiger partial charge in [-0.2, -0.15) is 0 Å². The van der Waals surface area contributed by atoms with Gasteiger partial charge in [0, 0.05) is 38.0 Å². The van der Waals surface area contributed by atoms with E-state index in [9.17, 15) is 9.59 Å². The van der Waals surface area contributed by atoms with Crippen molar-refractivity contribution in [2.24, 2.45) is 0 Å². The van der Waals surface area contributed by atoms with Crippen LogP contribution in [0.5, 0.6) is 0 Å². The second-order valence-electron chi connectivity index (χ2n) is 6.62. The number of rotatable bonds is 4. The van der Waals surface area contributed by atoms with Gasteiger partial charge in [0.2, 0.25) is 11.8 Å². The van der Waals surface area contributed by atoms with E-state index in [1.807, 2.05) is 11.9 Å². The van der Waals surface area contributed by atoms with Gasteiger partial charge in [-0.25, -0.2) is 0 Å². The molecule has 2 N–H and O–H groups in total. The van der Waals surface area contributed by atoms with Crippen molar-refractivity contribution in [1.82, 2.24) is 15.5 Å². The number of piperidine rings is 1. The Morgan fingerprint density at radius 3 is 2.29 bits per heavy atom. The van der Waals surface area contributed by atoms with Crippen LogP contribution < -0.4 is 10.6 Å². The number of carbonyl (C=O) groups is 2. The molecule has 0 aromatic heterocycles. The number of amides is 2. The molecule has 1 aliphatic carbocycles. The molecular formula is C16H29N3O2. The van der Waals surface area contributed by atoms with E-state index in [0.29, 0.717) is 6.42 Å². The summed E-state index contributed by atoms with van der Waals surface area (Å²) in [5.41, 5.74) is 0.00240. The first kappa shape index (κ1) is 16.3. The molecule has 2 amide bonds. The van der Waals surface area contributed by atoms with Gasteiger partial charge in [-0.05, 0) is 32.7 Å². The maximum Gasteiger partial charge on any atom is 0.222 e. The van der Waals surface area contributed by atoms with Gasteiger partial charge in [0.25, 0.3) is 0 Å². The minimum absolute atomic E-state index is 0.00240. The third-order valence-electron chi connectivity index (χ3n) is 5.15. The van der Waals surface area contributed by atoms with Crippen LogP contribution in [0.1, 0.15) is 58.3 Å². The van der Waals surface area contributed by atoms with Gasteiger partial charge in [-0.3, -0.25) is 9.59 Å². The lowest BCUT2D eigenvalue weighted by Gasteiger charge is -2.37. The highest BCUT2D eigenvalue weighted by Crippen LogP contribution is 2.30. The predicted molar refractivity (Wildman–Crippen MR) is 82.9 cm³/mol. The lowest BCUT2D eigenvalue weighted by Crippen LogP contribution is -2.51. The summed E-state index contributed by atoms with van der Waals surface area (Å²) in [6.45, 7) is 3.13. The SMILES string of the molecule is CNC1(CC(=O)NC2CCN(C(C)=O)CC2)CCCCC1. The zero-order valence-corrected chi connectivity index (χ0v) is 13.4. The lowest BCUT2D eigenvalue weighted by atomic mass is 9.79. The molecule has 5 nitrogen and oxygen atoms in total. The number of nitrogens with zero attached hydrogens (tertiary/aromatic N) is 1. The fourth-order valence-electron chi connectivity index (χ4n) is 3.67. The first-order valence-corrected chi connectivity index (χ1v) is 8.28. The van der Waals surface area contributed by atoms with Gasteiger partial charge >= 0.3 is 0 Å². The van der Waals surface area contributed by atoms with E-state index in [4.69, 9.17) is 0 Å². The summed E-state index contributed by atoms with van der Waals surface area (Å²) in [7, 11) is 1.98. The van der Waals surface area contributed by atoms with Crippen molar-refractivity contribution >= 4 is 11.8 Å². The van der Waals surface area contributed by atoms with E-state index < -0.39 is 0 Å². The molecule has 120 valence electrons. The van der Waals surface area contributed by atoms with Crippen LogP contribution in [0.4, 0.5) is 0 Å². The molecule has 2 aliphatic rings. The maximum atomic E-state index is 12.3. The molecule has 0 aromatic rings. The van der Waals surface area contributed by atoms with Crippen molar-refractivity contribution in [3.05, 3.63) is 0 Å². The van der Waals surface area contributed by atoms with Gasteiger partial charge in [-0.1, -0.05) is 19.3 Å². The Morgan fingerprint density at radius 1 is 1.14 bits per heavy atom. The van der Waals surface area contributed by atoms with Crippen LogP contribution in [-0.4, -0.2) is 48.4 Å². The number of hydrogen-bond acceptors (Lipinski definition) is 3. The van der Waals surface area contributed by atoms with Gasteiger partial charge in [0.1, 0.15) is 0 Å². The molecule has 0 spiro atoms. The zero-order valence-electron chi connectivity index (χ0n) is 13.4. The van der Waals surface area contributed by atoms with Crippen LogP contribution in [0.25, 0.3) is 0 Å². The lowest BCUT2D eigenvalue weighted by molar-refractivity contribution is -0.130. The fraction of sp³-hybridized carbons (Fsp3) is 0.875. The molecule has 1 heterocycles. The van der Waals surface area contributed by atoms with E-state index in [2.05, 4.69) is 10.6 Å². The topological polar surface area (TPSA) is 61.4 Å². The summed E-state index contributed by atoms with van der Waals surface area (Å²) in [5, 5.41) is 6.56. The van der Waals surface area contributed by atoms with E-state index in [1.54, 1.807) is 6.92 Å². The molecule has 2 fully saturated rings. The monoisotopic (exact) mass is 295 g/mol. The summed E-state index contributed by atoms with van der Waals surface area (Å²) >= 11 is 0. The van der Waals surface area contributed by atoms with Crippen molar-refractivity contribution in [3.8, 4) is 0 Å². The normalized spacial score (nSPS) is 22.9. The number of carbonyl (C=O) groups excluding carboxylic acids is 2. The number of likely N-dealkylation sites (tertiary alicyclic amines) is 1. The van der Waals surface area contributed by atoms with Crippen molar-refractivity contribution in [2.75, 3.05) is 20.1 Å². The van der Waals surface area contributed by atoms with Gasteiger partial charge < -0.3 is 15.5 Å². The van der Waals surface area contributed by atoms with Crippen molar-refractivity contribution in [2.45, 2.75) is 69.9 Å². The smallest absolute Gasteiger partial charge is 0.222 e. The molecule has 2 rings (SSSR count). The van der Waals surface area contributed by atoms with Crippen molar-refractivity contribution < 1.29 is 9.59 Å². The standard InChI is InChI=1S/C16H29N3O2/c1-13(20)19-10-6-14(7-11-19)18-15(21)12-16(17-2)8-4-3-5-9-16/h14,17H,3-12H2,1-2H3,(H,18,21). The van der Waals surface area contributed by atoms with Crippen LogP contribution >= 0.6 is 0 Å². The second-order valence-corrected chi connectivity index (χ2v) is 6.62. The predicted octanol–water partition coefficient (Wildman–Crippen LogP) is 1.43. The van der Waals surface area contributed by atoms with Crippen molar-refractivity contribution in [3.63, 3.8) is 0 Å². The van der Waals surface area contributed by atoms with Crippen LogP contribution in [-0.2, 0) is 9.59 Å². The molecule has 5 heteroatoms. The second kappa shape index (κ2) is 7.25. The summed E-state index contributed by atoms with van der Waals surface area (Å²) in [4.78, 5) is 25.5. The van der Waals surface area contributed by atoms with Crippen molar-refractivity contribution in [1.29, 1.82) is 0 Å². The highest BCUT2D eigenvalue weighted by atomic mass is 16.2. The third-order valence-corrected chi connectivity index (χ3v) is 5.15. The Hall–Kier alpha value is -1.10. The van der Waals surface area contributed by atoms with Gasteiger partial charge in [0.15, 0.2) is 0 Å². The Balaban J connectivity index is 1.78. The first-order valence-electron chi connectivity index (χ1n) is 8.28. The molecule has 1 saturated heterocycles. The van der Waals surface area contributed by atoms with E-state index in [0.717, 1.165) is 38.8 Å². The average molecular weight is 295 g/mol. The summed E-state index contributed by atoms with van der Waals surface area (Å²) in [6, 6.07) is 0.227. The van der Waals surface area contributed by atoms with Crippen LogP contribution in [0.3, 0.4) is 0 Å². The minimum Gasteiger partial charge on any atom is -0.353 e. The van der Waals surface area contributed by atoms with Crippen LogP contribution in [0, 0.1) is 0 Å². The zero-order chi connectivity index (χ0) is 15.3. The van der Waals surface area contributed by atoms with Crippen LogP contribution in [0.15, 0.2) is 0 Å². The van der Waals surface area contributed by atoms with Crippen LogP contribution in [0.2, 0.25) is 0 Å². The third kappa shape index (κ3) is 4.43. The summed E-state index contributed by atoms with van der Waals surface area (Å²) < 4.78 is 0. The Morgan fingerprint density at radius 2 is 1.76 bits per heavy atom. The Bertz CT molecular complexity index is 370. The quantitative estimate of drug-likeness (QED) is 0.825. The molecule has 1 aliphatic heterocycles. The highest BCUT2D eigenvalue weighted by Gasteiger charge is 2.33. The molecule has 0 radical (unpaired) electrons. The molecule has 0 bridgehead atoms. The van der Waals surface area contributed by atoms with E-state index >= 15 is 0 Å². The summed E-state index contributed by atoms with van der Waals surface area (Å²) in [6.07, 6.45) is 8.23. The number of hydrogen-bond donors (Lipinski definition) is 2. The van der Waals surface area contributed by atoms with Gasteiger partial charge in [0.05, 0.1) is 0 Å². The Labute approximate surface area is 127 Å². The van der Waals surface area contributed by atoms with E-state index in [-0.39, 0.29) is 23.4 Å². The molecule has 0 atom stereocenters. The first-order chi connectivity index (χ1) is 10.0. The Kier molecular flexibility index (Phi) is 5.62. The maximum absolute atomic E-state index is 12.3. The molecular weight excluding hydrogens is 266 g/mol. The molecule has 0 aromatic carbocycles. The largest absolute Gasteiger partial charge is 0.353 e. The molecule has 0 unspecified atom stereocenters. The average Bonchev–Trinajstić information content (AvgIpc) is 2.48.